The standard InChI is InChI=1S/C14H16N2O3/c1-16(8-10-6-7-19-9-10)14(17)11-4-3-5-12(15)13(11)18-2/h3-7,9H,8,15H2,1-2H3. The fourth-order valence-corrected chi connectivity index (χ4v) is 1.89. The molecule has 0 saturated heterocycles. The third-order valence-corrected chi connectivity index (χ3v) is 2.83. The van der Waals surface area contributed by atoms with Crippen molar-refractivity contribution < 1.29 is 13.9 Å². The van der Waals surface area contributed by atoms with Crippen LogP contribution in [-0.2, 0) is 6.54 Å². The van der Waals surface area contributed by atoms with Gasteiger partial charge in [0.2, 0.25) is 0 Å². The number of nitrogens with two attached hydrogens (primary N) is 1. The molecule has 1 aromatic heterocycles. The number of rotatable bonds is 4. The first-order chi connectivity index (χ1) is 9.13. The number of methoxy groups -OCH3 is 1. The number of anilines is 1. The van der Waals surface area contributed by atoms with E-state index in [0.717, 1.165) is 5.56 Å². The zero-order valence-electron chi connectivity index (χ0n) is 10.9. The maximum atomic E-state index is 12.4. The normalized spacial score (nSPS) is 10.2. The van der Waals surface area contributed by atoms with E-state index >= 15 is 0 Å². The Labute approximate surface area is 111 Å². The van der Waals surface area contributed by atoms with E-state index in [9.17, 15) is 4.79 Å². The van der Waals surface area contributed by atoms with E-state index in [4.69, 9.17) is 14.9 Å². The van der Waals surface area contributed by atoms with Crippen molar-refractivity contribution in [3.8, 4) is 5.75 Å². The molecule has 2 rings (SSSR count). The molecule has 2 N–H and O–H groups in total. The van der Waals surface area contributed by atoms with E-state index < -0.39 is 0 Å². The minimum Gasteiger partial charge on any atom is -0.494 e. The summed E-state index contributed by atoms with van der Waals surface area (Å²) in [4.78, 5) is 13.9. The van der Waals surface area contributed by atoms with Crippen LogP contribution in [0.1, 0.15) is 15.9 Å². The molecule has 2 aromatic rings. The third kappa shape index (κ3) is 2.70. The summed E-state index contributed by atoms with van der Waals surface area (Å²) in [6, 6.07) is 6.95. The summed E-state index contributed by atoms with van der Waals surface area (Å²) >= 11 is 0. The lowest BCUT2D eigenvalue weighted by atomic mass is 10.1. The van der Waals surface area contributed by atoms with Gasteiger partial charge in [-0.15, -0.1) is 0 Å². The highest BCUT2D eigenvalue weighted by Gasteiger charge is 2.18. The van der Waals surface area contributed by atoms with E-state index in [-0.39, 0.29) is 5.91 Å². The Bertz CT molecular complexity index is 564. The van der Waals surface area contributed by atoms with Crippen molar-refractivity contribution in [2.24, 2.45) is 0 Å². The van der Waals surface area contributed by atoms with Gasteiger partial charge in [-0.3, -0.25) is 4.79 Å². The zero-order valence-corrected chi connectivity index (χ0v) is 10.9. The van der Waals surface area contributed by atoms with Gasteiger partial charge in [0.1, 0.15) is 0 Å². The summed E-state index contributed by atoms with van der Waals surface area (Å²) < 4.78 is 10.2. The summed E-state index contributed by atoms with van der Waals surface area (Å²) in [7, 11) is 3.22. The monoisotopic (exact) mass is 260 g/mol. The van der Waals surface area contributed by atoms with Crippen LogP contribution in [-0.4, -0.2) is 25.0 Å². The topological polar surface area (TPSA) is 68.7 Å². The molecule has 100 valence electrons. The molecular formula is C14H16N2O3. The summed E-state index contributed by atoms with van der Waals surface area (Å²) in [5.41, 5.74) is 7.63. The molecule has 0 radical (unpaired) electrons. The lowest BCUT2D eigenvalue weighted by Crippen LogP contribution is -2.26. The molecule has 0 spiro atoms. The number of nitrogen functional groups attached to an aromatic ring is 1. The van der Waals surface area contributed by atoms with Crippen LogP contribution in [0.25, 0.3) is 0 Å². The number of amides is 1. The Balaban J connectivity index is 2.22. The molecule has 0 bridgehead atoms. The highest BCUT2D eigenvalue weighted by Crippen LogP contribution is 2.27. The predicted molar refractivity (Wildman–Crippen MR) is 71.9 cm³/mol. The maximum Gasteiger partial charge on any atom is 0.257 e. The Hall–Kier alpha value is -2.43. The molecule has 0 fully saturated rings. The van der Waals surface area contributed by atoms with Gasteiger partial charge in [-0.05, 0) is 18.2 Å². The van der Waals surface area contributed by atoms with Crippen molar-refractivity contribution in [2.45, 2.75) is 6.54 Å². The second kappa shape index (κ2) is 5.48. The van der Waals surface area contributed by atoms with Crippen LogP contribution in [0.15, 0.2) is 41.2 Å². The van der Waals surface area contributed by atoms with Gasteiger partial charge in [0.05, 0.1) is 30.9 Å². The van der Waals surface area contributed by atoms with Gasteiger partial charge >= 0.3 is 0 Å². The Kier molecular flexibility index (Phi) is 3.75. The van der Waals surface area contributed by atoms with Crippen molar-refractivity contribution in [1.82, 2.24) is 4.90 Å². The number of ether oxygens (including phenoxy) is 1. The van der Waals surface area contributed by atoms with E-state index in [1.54, 1.807) is 42.7 Å². The average molecular weight is 260 g/mol. The summed E-state index contributed by atoms with van der Waals surface area (Å²) in [6.45, 7) is 0.466. The van der Waals surface area contributed by atoms with Gasteiger partial charge in [-0.2, -0.15) is 0 Å². The molecule has 1 amide bonds. The molecule has 0 atom stereocenters. The van der Waals surface area contributed by atoms with Gasteiger partial charge < -0.3 is 19.8 Å². The number of hydrogen-bond donors (Lipinski definition) is 1. The molecule has 0 aliphatic rings. The summed E-state index contributed by atoms with van der Waals surface area (Å²) in [6.07, 6.45) is 3.19. The molecule has 19 heavy (non-hydrogen) atoms. The van der Waals surface area contributed by atoms with Gasteiger partial charge in [-0.25, -0.2) is 0 Å². The summed E-state index contributed by atoms with van der Waals surface area (Å²) in [5.74, 6) is 0.261. The average Bonchev–Trinajstić information content (AvgIpc) is 2.90. The van der Waals surface area contributed by atoms with E-state index in [2.05, 4.69) is 0 Å². The second-order valence-corrected chi connectivity index (χ2v) is 4.22. The predicted octanol–water partition coefficient (Wildman–Crippen LogP) is 2.14. The van der Waals surface area contributed by atoms with Crippen molar-refractivity contribution in [2.75, 3.05) is 19.9 Å². The fourth-order valence-electron chi connectivity index (χ4n) is 1.89. The van der Waals surface area contributed by atoms with Crippen LogP contribution in [0.5, 0.6) is 5.75 Å². The van der Waals surface area contributed by atoms with E-state index in [0.29, 0.717) is 23.5 Å². The first-order valence-corrected chi connectivity index (χ1v) is 5.82. The third-order valence-electron chi connectivity index (χ3n) is 2.83. The number of benzene rings is 1. The van der Waals surface area contributed by atoms with Crippen molar-refractivity contribution >= 4 is 11.6 Å². The maximum absolute atomic E-state index is 12.4. The molecule has 0 saturated carbocycles. The van der Waals surface area contributed by atoms with Gasteiger partial charge in [-0.1, -0.05) is 6.07 Å². The zero-order chi connectivity index (χ0) is 13.8. The Morgan fingerprint density at radius 2 is 2.21 bits per heavy atom. The van der Waals surface area contributed by atoms with E-state index in [1.807, 2.05) is 6.07 Å². The van der Waals surface area contributed by atoms with Crippen molar-refractivity contribution in [3.63, 3.8) is 0 Å². The molecule has 1 aromatic carbocycles. The molecule has 5 heteroatoms. The molecule has 0 aliphatic carbocycles. The number of para-hydroxylation sites is 1. The lowest BCUT2D eigenvalue weighted by molar-refractivity contribution is 0.0781. The quantitative estimate of drug-likeness (QED) is 0.855. The van der Waals surface area contributed by atoms with Crippen LogP contribution in [0.2, 0.25) is 0 Å². The smallest absolute Gasteiger partial charge is 0.257 e. The first-order valence-electron chi connectivity index (χ1n) is 5.82. The molecule has 0 unspecified atom stereocenters. The van der Waals surface area contributed by atoms with Gasteiger partial charge in [0, 0.05) is 19.2 Å². The minimum atomic E-state index is -0.148. The minimum absolute atomic E-state index is 0.148. The highest BCUT2D eigenvalue weighted by atomic mass is 16.5. The molecule has 0 aliphatic heterocycles. The number of nitrogens with zero attached hydrogens (tertiary/aromatic N) is 1. The summed E-state index contributed by atoms with van der Waals surface area (Å²) in [5, 5.41) is 0. The Morgan fingerprint density at radius 1 is 1.42 bits per heavy atom. The van der Waals surface area contributed by atoms with Crippen molar-refractivity contribution in [1.29, 1.82) is 0 Å². The first kappa shape index (κ1) is 13.0. The number of carbonyl (C=O) groups excluding carboxylic acids is 1. The molecule has 5 nitrogen and oxygen atoms in total. The Morgan fingerprint density at radius 3 is 2.84 bits per heavy atom. The lowest BCUT2D eigenvalue weighted by Gasteiger charge is -2.18. The van der Waals surface area contributed by atoms with Crippen LogP contribution >= 0.6 is 0 Å². The van der Waals surface area contributed by atoms with Gasteiger partial charge in [0.15, 0.2) is 5.75 Å². The van der Waals surface area contributed by atoms with Crippen LogP contribution in [0.4, 0.5) is 5.69 Å². The van der Waals surface area contributed by atoms with E-state index in [1.165, 1.54) is 7.11 Å². The second-order valence-electron chi connectivity index (χ2n) is 4.22. The number of hydrogen-bond acceptors (Lipinski definition) is 4. The molecule has 1 heterocycles. The van der Waals surface area contributed by atoms with Gasteiger partial charge in [0.25, 0.3) is 5.91 Å². The van der Waals surface area contributed by atoms with Crippen LogP contribution in [0.3, 0.4) is 0 Å². The molecular weight excluding hydrogens is 244 g/mol. The van der Waals surface area contributed by atoms with Crippen molar-refractivity contribution in [3.05, 3.63) is 47.9 Å². The number of furan rings is 1. The van der Waals surface area contributed by atoms with Crippen LogP contribution in [0, 0.1) is 0 Å². The fraction of sp³-hybridized carbons (Fsp3) is 0.214. The highest BCUT2D eigenvalue weighted by molar-refractivity contribution is 5.98. The number of carbonyl (C=O) groups is 1. The largest absolute Gasteiger partial charge is 0.494 e. The SMILES string of the molecule is COc1c(N)cccc1C(=O)N(C)Cc1ccoc1. The van der Waals surface area contributed by atoms with Crippen LogP contribution < -0.4 is 10.5 Å².